The molecule has 2 aliphatic rings. The van der Waals surface area contributed by atoms with E-state index in [0.717, 1.165) is 37.7 Å². The second-order valence-electron chi connectivity index (χ2n) is 7.29. The van der Waals surface area contributed by atoms with E-state index in [2.05, 4.69) is 4.98 Å². The van der Waals surface area contributed by atoms with E-state index >= 15 is 0 Å². The molecule has 1 unspecified atom stereocenters. The quantitative estimate of drug-likeness (QED) is 0.471. The first-order chi connectivity index (χ1) is 13.6. The van der Waals surface area contributed by atoms with Gasteiger partial charge in [0, 0.05) is 29.0 Å². The number of carbonyl (C=O) groups excluding carboxylic acids is 2. The van der Waals surface area contributed by atoms with Gasteiger partial charge < -0.3 is 10.0 Å². The molecule has 144 valence electrons. The zero-order valence-corrected chi connectivity index (χ0v) is 16.1. The summed E-state index contributed by atoms with van der Waals surface area (Å²) in [6.07, 6.45) is 8.24. The number of likely N-dealkylation sites (tertiary alicyclic amines) is 1. The van der Waals surface area contributed by atoms with Crippen molar-refractivity contribution in [1.82, 2.24) is 9.88 Å². The fourth-order valence-corrected chi connectivity index (χ4v) is 4.34. The second kappa shape index (κ2) is 7.76. The largest absolute Gasteiger partial charge is 0.507 e. The maximum Gasteiger partial charge on any atom is 0.295 e. The van der Waals surface area contributed by atoms with E-state index < -0.39 is 17.7 Å². The molecule has 1 aliphatic heterocycles. The molecule has 1 saturated carbocycles. The van der Waals surface area contributed by atoms with Crippen LogP contribution in [0, 0.1) is 0 Å². The van der Waals surface area contributed by atoms with Crippen LogP contribution < -0.4 is 0 Å². The molecular weight excluding hydrogens is 376 g/mol. The number of hydrogen-bond acceptors (Lipinski definition) is 4. The number of nitrogens with zero attached hydrogens (tertiary/aromatic N) is 2. The molecule has 0 radical (unpaired) electrons. The van der Waals surface area contributed by atoms with Crippen molar-refractivity contribution in [2.45, 2.75) is 44.2 Å². The van der Waals surface area contributed by atoms with Crippen LogP contribution >= 0.6 is 11.6 Å². The Labute approximate surface area is 168 Å². The van der Waals surface area contributed by atoms with Gasteiger partial charge in [-0.15, -0.1) is 0 Å². The van der Waals surface area contributed by atoms with Crippen LogP contribution in [0.1, 0.15) is 49.3 Å². The molecule has 1 aromatic carbocycles. The van der Waals surface area contributed by atoms with Crippen molar-refractivity contribution in [3.63, 3.8) is 0 Å². The monoisotopic (exact) mass is 396 g/mol. The van der Waals surface area contributed by atoms with Gasteiger partial charge in [0.25, 0.3) is 11.7 Å². The Morgan fingerprint density at radius 2 is 1.79 bits per heavy atom. The lowest BCUT2D eigenvalue weighted by atomic mass is 9.91. The number of aliphatic hydroxyl groups is 1. The predicted octanol–water partition coefficient (Wildman–Crippen LogP) is 4.49. The van der Waals surface area contributed by atoms with Crippen LogP contribution in [0.3, 0.4) is 0 Å². The number of aromatic nitrogens is 1. The number of aliphatic hydroxyl groups excluding tert-OH is 1. The SMILES string of the molecule is O=C1C(=O)N(C2CCCCC2)C(c2cccnc2)/C1=C(/O)c1ccc(Cl)cc1. The van der Waals surface area contributed by atoms with E-state index in [1.54, 1.807) is 47.6 Å². The van der Waals surface area contributed by atoms with E-state index in [9.17, 15) is 14.7 Å². The third kappa shape index (κ3) is 3.31. The summed E-state index contributed by atoms with van der Waals surface area (Å²) in [5.74, 6) is -1.37. The Kier molecular flexibility index (Phi) is 5.18. The predicted molar refractivity (Wildman–Crippen MR) is 107 cm³/mol. The fraction of sp³-hybridized carbons (Fsp3) is 0.318. The van der Waals surface area contributed by atoms with Crippen LogP contribution in [0.4, 0.5) is 0 Å². The molecule has 1 aromatic heterocycles. The average Bonchev–Trinajstić information content (AvgIpc) is 3.00. The van der Waals surface area contributed by atoms with Gasteiger partial charge in [0.15, 0.2) is 0 Å². The van der Waals surface area contributed by atoms with Crippen molar-refractivity contribution in [3.8, 4) is 0 Å². The van der Waals surface area contributed by atoms with Crippen molar-refractivity contribution in [2.24, 2.45) is 0 Å². The number of benzene rings is 1. The minimum atomic E-state index is -0.646. The van der Waals surface area contributed by atoms with Gasteiger partial charge in [0.2, 0.25) is 0 Å². The highest BCUT2D eigenvalue weighted by atomic mass is 35.5. The highest BCUT2D eigenvalue weighted by Crippen LogP contribution is 2.42. The Morgan fingerprint density at radius 1 is 1.07 bits per heavy atom. The number of hydrogen-bond donors (Lipinski definition) is 1. The molecule has 0 bridgehead atoms. The average molecular weight is 397 g/mol. The highest BCUT2D eigenvalue weighted by Gasteiger charge is 2.48. The lowest BCUT2D eigenvalue weighted by molar-refractivity contribution is -0.141. The van der Waals surface area contributed by atoms with Crippen molar-refractivity contribution in [1.29, 1.82) is 0 Å². The van der Waals surface area contributed by atoms with Gasteiger partial charge in [0.1, 0.15) is 5.76 Å². The van der Waals surface area contributed by atoms with E-state index in [1.807, 2.05) is 6.07 Å². The molecule has 1 N–H and O–H groups in total. The summed E-state index contributed by atoms with van der Waals surface area (Å²) < 4.78 is 0. The van der Waals surface area contributed by atoms with Gasteiger partial charge in [-0.05, 0) is 48.7 Å². The van der Waals surface area contributed by atoms with Crippen molar-refractivity contribution in [2.75, 3.05) is 0 Å². The molecule has 4 rings (SSSR count). The molecule has 5 nitrogen and oxygen atoms in total. The summed E-state index contributed by atoms with van der Waals surface area (Å²) in [5, 5.41) is 11.5. The van der Waals surface area contributed by atoms with E-state index in [0.29, 0.717) is 10.6 Å². The third-order valence-corrected chi connectivity index (χ3v) is 5.82. The number of halogens is 1. The molecule has 1 amide bonds. The van der Waals surface area contributed by atoms with Gasteiger partial charge in [-0.25, -0.2) is 0 Å². The summed E-state index contributed by atoms with van der Waals surface area (Å²) in [4.78, 5) is 31.8. The fourth-order valence-electron chi connectivity index (χ4n) is 4.21. The first-order valence-corrected chi connectivity index (χ1v) is 9.91. The zero-order valence-electron chi connectivity index (χ0n) is 15.3. The van der Waals surface area contributed by atoms with Crippen LogP contribution in [0.15, 0.2) is 54.4 Å². The summed E-state index contributed by atoms with van der Waals surface area (Å²) in [6, 6.07) is 9.56. The molecule has 2 aromatic rings. The lowest BCUT2D eigenvalue weighted by Gasteiger charge is -2.35. The number of amides is 1. The standard InChI is InChI=1S/C22H21ClN2O3/c23-16-10-8-14(9-11-16)20(26)18-19(15-5-4-12-24-13-15)25(22(28)21(18)27)17-6-2-1-3-7-17/h4-5,8-13,17,19,26H,1-3,6-7H2/b20-18-. The molecule has 1 aliphatic carbocycles. The molecule has 2 fully saturated rings. The van der Waals surface area contributed by atoms with Gasteiger partial charge >= 0.3 is 0 Å². The number of rotatable bonds is 3. The molecular formula is C22H21ClN2O3. The molecule has 2 heterocycles. The molecule has 1 atom stereocenters. The number of carbonyl (C=O) groups is 2. The first-order valence-electron chi connectivity index (χ1n) is 9.54. The molecule has 1 saturated heterocycles. The normalized spacial score (nSPS) is 22.6. The maximum atomic E-state index is 13.0. The topological polar surface area (TPSA) is 70.5 Å². The molecule has 6 heteroatoms. The lowest BCUT2D eigenvalue weighted by Crippen LogP contribution is -2.40. The highest BCUT2D eigenvalue weighted by molar-refractivity contribution is 6.46. The maximum absolute atomic E-state index is 13.0. The van der Waals surface area contributed by atoms with E-state index in [-0.39, 0.29) is 17.4 Å². The van der Waals surface area contributed by atoms with Crippen LogP contribution in [-0.4, -0.2) is 32.7 Å². The van der Waals surface area contributed by atoms with E-state index in [4.69, 9.17) is 11.6 Å². The zero-order chi connectivity index (χ0) is 19.7. The van der Waals surface area contributed by atoms with Gasteiger partial charge in [-0.2, -0.15) is 0 Å². The Hall–Kier alpha value is -2.66. The number of Topliss-reactive ketones (excluding diaryl/α,β-unsaturated/α-hetero) is 1. The van der Waals surface area contributed by atoms with Crippen LogP contribution in [-0.2, 0) is 9.59 Å². The number of ketones is 1. The van der Waals surface area contributed by atoms with Gasteiger partial charge in [-0.3, -0.25) is 14.6 Å². The van der Waals surface area contributed by atoms with Crippen molar-refractivity contribution in [3.05, 3.63) is 70.5 Å². The smallest absolute Gasteiger partial charge is 0.295 e. The molecule has 0 spiro atoms. The molecule has 28 heavy (non-hydrogen) atoms. The first kappa shape index (κ1) is 18.7. The van der Waals surface area contributed by atoms with Crippen LogP contribution in [0.5, 0.6) is 0 Å². The van der Waals surface area contributed by atoms with E-state index in [1.165, 1.54) is 0 Å². The van der Waals surface area contributed by atoms with Crippen LogP contribution in [0.2, 0.25) is 5.02 Å². The number of pyridine rings is 1. The summed E-state index contributed by atoms with van der Waals surface area (Å²) >= 11 is 5.94. The summed E-state index contributed by atoms with van der Waals surface area (Å²) in [5.41, 5.74) is 1.30. The summed E-state index contributed by atoms with van der Waals surface area (Å²) in [7, 11) is 0. The Bertz CT molecular complexity index is 919. The Morgan fingerprint density at radius 3 is 2.43 bits per heavy atom. The van der Waals surface area contributed by atoms with Crippen LogP contribution in [0.25, 0.3) is 5.76 Å². The third-order valence-electron chi connectivity index (χ3n) is 5.57. The van der Waals surface area contributed by atoms with Gasteiger partial charge in [0.05, 0.1) is 11.6 Å². The van der Waals surface area contributed by atoms with Crippen molar-refractivity contribution >= 4 is 29.1 Å². The van der Waals surface area contributed by atoms with Crippen molar-refractivity contribution < 1.29 is 14.7 Å². The Balaban J connectivity index is 1.85. The second-order valence-corrected chi connectivity index (χ2v) is 7.73. The minimum Gasteiger partial charge on any atom is -0.507 e. The van der Waals surface area contributed by atoms with Gasteiger partial charge in [-0.1, -0.05) is 36.9 Å². The summed E-state index contributed by atoms with van der Waals surface area (Å²) in [6.45, 7) is 0. The minimum absolute atomic E-state index is 0.00840.